The normalized spacial score (nSPS) is 36.5. The van der Waals surface area contributed by atoms with Crippen molar-refractivity contribution >= 4 is 0 Å². The Bertz CT molecular complexity index is 174. The van der Waals surface area contributed by atoms with Gasteiger partial charge in [-0.25, -0.2) is 0 Å². The summed E-state index contributed by atoms with van der Waals surface area (Å²) in [6, 6.07) is 0. The number of hydrogen-bond donors (Lipinski definition) is 0. The first-order valence-corrected chi connectivity index (χ1v) is 4.80. The van der Waals surface area contributed by atoms with E-state index in [-0.39, 0.29) is 0 Å². The van der Waals surface area contributed by atoms with Crippen LogP contribution in [0.2, 0.25) is 0 Å². The molecule has 0 amide bonds. The van der Waals surface area contributed by atoms with Crippen LogP contribution >= 0.6 is 0 Å². The summed E-state index contributed by atoms with van der Waals surface area (Å²) in [5.41, 5.74) is 0.509. The van der Waals surface area contributed by atoms with E-state index in [9.17, 15) is 0 Å². The molecule has 0 aliphatic carbocycles. The van der Waals surface area contributed by atoms with E-state index in [0.717, 1.165) is 0 Å². The number of fused-ring (bicyclic) bond motifs is 1. The molecule has 1 atom stereocenters. The minimum absolute atomic E-state index is 0.509. The molecule has 2 aliphatic heterocycles. The van der Waals surface area contributed by atoms with Crippen LogP contribution in [0, 0.1) is 0 Å². The van der Waals surface area contributed by atoms with Gasteiger partial charge in [0, 0.05) is 12.1 Å². The summed E-state index contributed by atoms with van der Waals surface area (Å²) in [5.74, 6) is 0. The second kappa shape index (κ2) is 2.63. The molecule has 0 aromatic heterocycles. The van der Waals surface area contributed by atoms with Gasteiger partial charge in [0.25, 0.3) is 0 Å². The molecular weight excluding hydrogens is 134 g/mol. The maximum atomic E-state index is 2.64. The topological polar surface area (TPSA) is 3.24 Å². The molecule has 0 aromatic carbocycles. The minimum Gasteiger partial charge on any atom is -0.291 e. The van der Waals surface area contributed by atoms with Crippen LogP contribution in [0.5, 0.6) is 0 Å². The van der Waals surface area contributed by atoms with Crippen molar-refractivity contribution < 1.29 is 0 Å². The van der Waals surface area contributed by atoms with Gasteiger partial charge in [-0.05, 0) is 25.8 Å². The van der Waals surface area contributed by atoms with Gasteiger partial charge in [-0.3, -0.25) is 4.90 Å². The van der Waals surface area contributed by atoms with E-state index in [2.05, 4.69) is 24.0 Å². The van der Waals surface area contributed by atoms with E-state index in [0.29, 0.717) is 5.54 Å². The van der Waals surface area contributed by atoms with Crippen molar-refractivity contribution in [2.45, 2.75) is 38.1 Å². The van der Waals surface area contributed by atoms with Crippen molar-refractivity contribution in [3.8, 4) is 0 Å². The molecular formula is C10H17N. The molecule has 1 saturated heterocycles. The molecule has 0 aromatic rings. The van der Waals surface area contributed by atoms with Gasteiger partial charge in [-0.15, -0.1) is 0 Å². The second-order valence-electron chi connectivity index (χ2n) is 3.81. The average molecular weight is 151 g/mol. The fourth-order valence-corrected chi connectivity index (χ4v) is 2.62. The summed E-state index contributed by atoms with van der Waals surface area (Å²) >= 11 is 0. The van der Waals surface area contributed by atoms with E-state index < -0.39 is 0 Å². The molecule has 0 radical (unpaired) electrons. The molecule has 2 rings (SSSR count). The van der Waals surface area contributed by atoms with Crippen molar-refractivity contribution in [1.29, 1.82) is 0 Å². The standard InChI is InChI=1S/C10H17N/c1-2-5-10-6-3-8-11(10)9-4-7-10/h3,6H,2,4-5,7-9H2,1H3/t10-/m1/s1. The van der Waals surface area contributed by atoms with Gasteiger partial charge in [0.1, 0.15) is 0 Å². The lowest BCUT2D eigenvalue weighted by molar-refractivity contribution is 0.211. The van der Waals surface area contributed by atoms with Crippen molar-refractivity contribution in [1.82, 2.24) is 4.90 Å². The molecule has 0 bridgehead atoms. The van der Waals surface area contributed by atoms with Crippen LogP contribution in [0.3, 0.4) is 0 Å². The first-order chi connectivity index (χ1) is 5.37. The predicted molar refractivity (Wildman–Crippen MR) is 47.6 cm³/mol. The van der Waals surface area contributed by atoms with E-state index >= 15 is 0 Å². The third-order valence-corrected chi connectivity index (χ3v) is 3.10. The Balaban J connectivity index is 2.13. The number of nitrogens with zero attached hydrogens (tertiary/aromatic N) is 1. The van der Waals surface area contributed by atoms with E-state index in [1.54, 1.807) is 0 Å². The van der Waals surface area contributed by atoms with Crippen molar-refractivity contribution in [2.75, 3.05) is 13.1 Å². The SMILES string of the molecule is CCC[C@]12C=CCN1CCC2. The monoisotopic (exact) mass is 151 g/mol. The number of hydrogen-bond acceptors (Lipinski definition) is 1. The average Bonchev–Trinajstić information content (AvgIpc) is 2.45. The van der Waals surface area contributed by atoms with Crippen molar-refractivity contribution in [3.63, 3.8) is 0 Å². The van der Waals surface area contributed by atoms with Gasteiger partial charge in [0.2, 0.25) is 0 Å². The maximum absolute atomic E-state index is 2.64. The van der Waals surface area contributed by atoms with Gasteiger partial charge in [-0.2, -0.15) is 0 Å². The Hall–Kier alpha value is -0.300. The van der Waals surface area contributed by atoms with Crippen LogP contribution in [-0.4, -0.2) is 23.5 Å². The third kappa shape index (κ3) is 1.02. The molecule has 0 spiro atoms. The lowest BCUT2D eigenvalue weighted by atomic mass is 9.92. The quantitative estimate of drug-likeness (QED) is 0.547. The highest BCUT2D eigenvalue weighted by molar-refractivity contribution is 5.17. The molecule has 0 saturated carbocycles. The first kappa shape index (κ1) is 7.35. The van der Waals surface area contributed by atoms with Crippen LogP contribution in [0.1, 0.15) is 32.6 Å². The van der Waals surface area contributed by atoms with Crippen molar-refractivity contribution in [2.24, 2.45) is 0 Å². The Morgan fingerprint density at radius 2 is 2.45 bits per heavy atom. The molecule has 11 heavy (non-hydrogen) atoms. The van der Waals surface area contributed by atoms with Crippen molar-refractivity contribution in [3.05, 3.63) is 12.2 Å². The molecule has 1 nitrogen and oxygen atoms in total. The van der Waals surface area contributed by atoms with Gasteiger partial charge in [0.15, 0.2) is 0 Å². The zero-order chi connectivity index (χ0) is 7.73. The highest BCUT2D eigenvalue weighted by Gasteiger charge is 2.39. The zero-order valence-electron chi connectivity index (χ0n) is 7.34. The summed E-state index contributed by atoms with van der Waals surface area (Å²) in [6.07, 6.45) is 10.3. The summed E-state index contributed by atoms with van der Waals surface area (Å²) < 4.78 is 0. The predicted octanol–water partition coefficient (Wildman–Crippen LogP) is 2.19. The Morgan fingerprint density at radius 3 is 3.27 bits per heavy atom. The van der Waals surface area contributed by atoms with E-state index in [4.69, 9.17) is 0 Å². The summed E-state index contributed by atoms with van der Waals surface area (Å²) in [4.78, 5) is 2.64. The fraction of sp³-hybridized carbons (Fsp3) is 0.800. The van der Waals surface area contributed by atoms with E-state index in [1.807, 2.05) is 0 Å². The molecule has 2 heterocycles. The van der Waals surface area contributed by atoms with Gasteiger partial charge >= 0.3 is 0 Å². The Morgan fingerprint density at radius 1 is 1.55 bits per heavy atom. The second-order valence-corrected chi connectivity index (χ2v) is 3.81. The summed E-state index contributed by atoms with van der Waals surface area (Å²) in [6.45, 7) is 4.82. The lowest BCUT2D eigenvalue weighted by Gasteiger charge is -2.30. The van der Waals surface area contributed by atoms with Crippen LogP contribution in [0.4, 0.5) is 0 Å². The highest BCUT2D eigenvalue weighted by atomic mass is 15.2. The van der Waals surface area contributed by atoms with Gasteiger partial charge < -0.3 is 0 Å². The zero-order valence-corrected chi connectivity index (χ0v) is 7.34. The first-order valence-electron chi connectivity index (χ1n) is 4.80. The van der Waals surface area contributed by atoms with Crippen LogP contribution in [0.25, 0.3) is 0 Å². The number of rotatable bonds is 2. The molecule has 1 fully saturated rings. The van der Waals surface area contributed by atoms with E-state index in [1.165, 1.54) is 38.8 Å². The maximum Gasteiger partial charge on any atom is 0.0395 e. The van der Waals surface area contributed by atoms with Crippen LogP contribution in [-0.2, 0) is 0 Å². The van der Waals surface area contributed by atoms with Gasteiger partial charge in [0.05, 0.1) is 0 Å². The lowest BCUT2D eigenvalue weighted by Crippen LogP contribution is -2.37. The smallest absolute Gasteiger partial charge is 0.0395 e. The summed E-state index contributed by atoms with van der Waals surface area (Å²) in [7, 11) is 0. The Labute approximate surface area is 69.1 Å². The highest BCUT2D eigenvalue weighted by Crippen LogP contribution is 2.37. The van der Waals surface area contributed by atoms with Crippen LogP contribution in [0.15, 0.2) is 12.2 Å². The fourth-order valence-electron chi connectivity index (χ4n) is 2.62. The molecule has 2 aliphatic rings. The Kier molecular flexibility index (Phi) is 1.76. The van der Waals surface area contributed by atoms with Crippen LogP contribution < -0.4 is 0 Å². The third-order valence-electron chi connectivity index (χ3n) is 3.10. The molecule has 0 N–H and O–H groups in total. The minimum atomic E-state index is 0.509. The molecule has 62 valence electrons. The van der Waals surface area contributed by atoms with Gasteiger partial charge in [-0.1, -0.05) is 25.5 Å². The molecule has 0 unspecified atom stereocenters. The largest absolute Gasteiger partial charge is 0.291 e. The molecule has 1 heteroatoms. The summed E-state index contributed by atoms with van der Waals surface area (Å²) in [5, 5.41) is 0.